The minimum Gasteiger partial charge on any atom is -0.310 e. The van der Waals surface area contributed by atoms with Crippen molar-refractivity contribution in [3.8, 4) is 11.1 Å². The van der Waals surface area contributed by atoms with Crippen molar-refractivity contribution >= 4 is 49.4 Å². The molecule has 0 bridgehead atoms. The number of hydrogen-bond acceptors (Lipinski definition) is 1. The van der Waals surface area contributed by atoms with Crippen molar-refractivity contribution in [1.29, 1.82) is 0 Å². The molecule has 0 aliphatic heterocycles. The molecule has 0 spiro atoms. The number of rotatable bonds is 4. The molecule has 9 rings (SSSR count). The SMILES string of the molecule is CC1(c2ccccc2)c2ccccc2-c2c(N(c3ccccc3)c3ccc4c5ccccc5c5ccccc5c4c3)cccc21. The Morgan fingerprint density at radius 2 is 0.933 bits per heavy atom. The molecule has 1 heteroatoms. The van der Waals surface area contributed by atoms with Crippen LogP contribution in [-0.4, -0.2) is 0 Å². The lowest BCUT2D eigenvalue weighted by molar-refractivity contribution is 0.714. The van der Waals surface area contributed by atoms with Gasteiger partial charge in [-0.05, 0) is 91.8 Å². The number of nitrogens with zero attached hydrogens (tertiary/aromatic N) is 1. The van der Waals surface area contributed by atoms with Crippen LogP contribution >= 0.6 is 0 Å². The number of benzene rings is 8. The molecule has 0 radical (unpaired) electrons. The molecule has 0 heterocycles. The van der Waals surface area contributed by atoms with Gasteiger partial charge in [-0.1, -0.05) is 140 Å². The second-order valence-corrected chi connectivity index (χ2v) is 12.2. The Bertz CT molecular complexity index is 2350. The van der Waals surface area contributed by atoms with Crippen LogP contribution in [0.2, 0.25) is 0 Å². The lowest BCUT2D eigenvalue weighted by atomic mass is 9.74. The van der Waals surface area contributed by atoms with E-state index >= 15 is 0 Å². The van der Waals surface area contributed by atoms with Gasteiger partial charge in [0.2, 0.25) is 0 Å². The molecule has 8 aromatic carbocycles. The summed E-state index contributed by atoms with van der Waals surface area (Å²) in [6.45, 7) is 2.39. The molecule has 1 unspecified atom stereocenters. The fourth-order valence-corrected chi connectivity index (χ4v) is 7.83. The molecule has 0 saturated heterocycles. The summed E-state index contributed by atoms with van der Waals surface area (Å²) in [4.78, 5) is 2.45. The summed E-state index contributed by atoms with van der Waals surface area (Å²) in [6.07, 6.45) is 0. The third-order valence-corrected chi connectivity index (χ3v) is 9.91. The normalized spacial score (nSPS) is 15.3. The van der Waals surface area contributed by atoms with E-state index in [-0.39, 0.29) is 5.41 Å². The number of para-hydroxylation sites is 1. The Kier molecular flexibility index (Phi) is 5.70. The first-order valence-electron chi connectivity index (χ1n) is 15.7. The maximum absolute atomic E-state index is 2.45. The molecule has 8 aromatic rings. The van der Waals surface area contributed by atoms with Gasteiger partial charge in [0.1, 0.15) is 0 Å². The predicted octanol–water partition coefficient (Wildman–Crippen LogP) is 12.0. The highest BCUT2D eigenvalue weighted by Crippen LogP contribution is 2.56. The van der Waals surface area contributed by atoms with Crippen molar-refractivity contribution in [1.82, 2.24) is 0 Å². The smallest absolute Gasteiger partial charge is 0.0543 e. The quantitative estimate of drug-likeness (QED) is 0.189. The van der Waals surface area contributed by atoms with E-state index in [0.29, 0.717) is 0 Å². The zero-order chi connectivity index (χ0) is 30.0. The fourth-order valence-electron chi connectivity index (χ4n) is 7.83. The Morgan fingerprint density at radius 3 is 1.62 bits per heavy atom. The van der Waals surface area contributed by atoms with Gasteiger partial charge in [0.05, 0.1) is 5.69 Å². The Hall–Kier alpha value is -5.66. The second-order valence-electron chi connectivity index (χ2n) is 12.2. The summed E-state index contributed by atoms with van der Waals surface area (Å²) in [5.74, 6) is 0. The van der Waals surface area contributed by atoms with Crippen LogP contribution in [0.5, 0.6) is 0 Å². The van der Waals surface area contributed by atoms with E-state index in [1.165, 1.54) is 65.8 Å². The molecule has 1 nitrogen and oxygen atoms in total. The maximum Gasteiger partial charge on any atom is 0.0543 e. The molecule has 0 fully saturated rings. The number of hydrogen-bond donors (Lipinski definition) is 0. The zero-order valence-corrected chi connectivity index (χ0v) is 25.1. The van der Waals surface area contributed by atoms with Gasteiger partial charge in [-0.3, -0.25) is 0 Å². The molecule has 0 aromatic heterocycles. The van der Waals surface area contributed by atoms with Crippen molar-refractivity contribution in [3.63, 3.8) is 0 Å². The van der Waals surface area contributed by atoms with Gasteiger partial charge >= 0.3 is 0 Å². The highest BCUT2D eigenvalue weighted by Gasteiger charge is 2.42. The monoisotopic (exact) mass is 573 g/mol. The van der Waals surface area contributed by atoms with Crippen LogP contribution in [0, 0.1) is 0 Å². The number of fused-ring (bicyclic) bond motifs is 9. The van der Waals surface area contributed by atoms with Crippen LogP contribution in [0.25, 0.3) is 43.4 Å². The lowest BCUT2D eigenvalue weighted by Crippen LogP contribution is -2.22. The third kappa shape index (κ3) is 3.74. The van der Waals surface area contributed by atoms with E-state index in [0.717, 1.165) is 11.4 Å². The average molecular weight is 574 g/mol. The summed E-state index contributed by atoms with van der Waals surface area (Å²) in [6, 6.07) is 62.2. The van der Waals surface area contributed by atoms with Crippen LogP contribution in [0.3, 0.4) is 0 Å². The summed E-state index contributed by atoms with van der Waals surface area (Å²) in [5.41, 5.74) is 9.81. The van der Waals surface area contributed by atoms with E-state index in [9.17, 15) is 0 Å². The van der Waals surface area contributed by atoms with E-state index in [2.05, 4.69) is 182 Å². The Balaban J connectivity index is 1.35. The topological polar surface area (TPSA) is 3.24 Å². The van der Waals surface area contributed by atoms with Crippen LogP contribution in [-0.2, 0) is 5.41 Å². The summed E-state index contributed by atoms with van der Waals surface area (Å²) >= 11 is 0. The predicted molar refractivity (Wildman–Crippen MR) is 191 cm³/mol. The van der Waals surface area contributed by atoms with Gasteiger partial charge in [0, 0.05) is 22.4 Å². The molecule has 0 N–H and O–H groups in total. The molecular formula is C44H31N. The first kappa shape index (κ1) is 25.8. The van der Waals surface area contributed by atoms with Gasteiger partial charge < -0.3 is 4.90 Å². The average Bonchev–Trinajstić information content (AvgIpc) is 3.39. The molecule has 0 saturated carbocycles. The highest BCUT2D eigenvalue weighted by atomic mass is 15.1. The summed E-state index contributed by atoms with van der Waals surface area (Å²) in [5, 5.41) is 7.70. The van der Waals surface area contributed by atoms with Gasteiger partial charge in [-0.25, -0.2) is 0 Å². The maximum atomic E-state index is 2.45. The summed E-state index contributed by atoms with van der Waals surface area (Å²) < 4.78 is 0. The summed E-state index contributed by atoms with van der Waals surface area (Å²) in [7, 11) is 0. The van der Waals surface area contributed by atoms with Crippen molar-refractivity contribution in [2.24, 2.45) is 0 Å². The van der Waals surface area contributed by atoms with Gasteiger partial charge in [-0.15, -0.1) is 0 Å². The molecule has 212 valence electrons. The Labute approximate surface area is 263 Å². The largest absolute Gasteiger partial charge is 0.310 e. The van der Waals surface area contributed by atoms with E-state index in [4.69, 9.17) is 0 Å². The van der Waals surface area contributed by atoms with E-state index in [1.807, 2.05) is 0 Å². The van der Waals surface area contributed by atoms with Crippen molar-refractivity contribution in [2.75, 3.05) is 4.90 Å². The standard InChI is InChI=1S/C44H31N/c1-44(30-15-4-2-5-16-30)40-24-13-12-23-38(40)43-41(44)25-14-26-42(43)45(31-17-6-3-7-18-31)32-27-28-37-35-21-9-8-19-33(35)34-20-10-11-22-36(34)39(37)29-32/h2-29H,1H3. The molecule has 45 heavy (non-hydrogen) atoms. The Morgan fingerprint density at radius 1 is 0.400 bits per heavy atom. The van der Waals surface area contributed by atoms with Gasteiger partial charge in [0.25, 0.3) is 0 Å². The third-order valence-electron chi connectivity index (χ3n) is 9.91. The van der Waals surface area contributed by atoms with Crippen molar-refractivity contribution in [2.45, 2.75) is 12.3 Å². The lowest BCUT2D eigenvalue weighted by Gasteiger charge is -2.30. The first-order valence-corrected chi connectivity index (χ1v) is 15.7. The highest BCUT2D eigenvalue weighted by molar-refractivity contribution is 6.25. The molecule has 1 aliphatic carbocycles. The van der Waals surface area contributed by atoms with Crippen LogP contribution in [0.4, 0.5) is 17.1 Å². The second kappa shape index (κ2) is 9.94. The molecular weight excluding hydrogens is 542 g/mol. The fraction of sp³-hybridized carbons (Fsp3) is 0.0455. The van der Waals surface area contributed by atoms with Crippen LogP contribution in [0.1, 0.15) is 23.6 Å². The zero-order valence-electron chi connectivity index (χ0n) is 25.1. The van der Waals surface area contributed by atoms with Gasteiger partial charge in [0.15, 0.2) is 0 Å². The molecule has 1 atom stereocenters. The van der Waals surface area contributed by atoms with Crippen LogP contribution < -0.4 is 4.90 Å². The van der Waals surface area contributed by atoms with E-state index < -0.39 is 0 Å². The van der Waals surface area contributed by atoms with Gasteiger partial charge in [-0.2, -0.15) is 0 Å². The molecule has 0 amide bonds. The minimum absolute atomic E-state index is 0.260. The van der Waals surface area contributed by atoms with Crippen molar-refractivity contribution in [3.05, 3.63) is 187 Å². The minimum atomic E-state index is -0.260. The van der Waals surface area contributed by atoms with Crippen molar-refractivity contribution < 1.29 is 0 Å². The van der Waals surface area contributed by atoms with E-state index in [1.54, 1.807) is 0 Å². The number of anilines is 3. The van der Waals surface area contributed by atoms with Crippen LogP contribution in [0.15, 0.2) is 170 Å². The molecule has 1 aliphatic rings. The first-order chi connectivity index (χ1) is 22.2.